The van der Waals surface area contributed by atoms with E-state index in [2.05, 4.69) is 20.6 Å². The average Bonchev–Trinajstić information content (AvgIpc) is 3.49. The summed E-state index contributed by atoms with van der Waals surface area (Å²) < 4.78 is 1.67. The summed E-state index contributed by atoms with van der Waals surface area (Å²) in [7, 11) is 1.84. The molecule has 2 N–H and O–H groups in total. The van der Waals surface area contributed by atoms with Gasteiger partial charge in [0.1, 0.15) is 5.69 Å². The number of nitrogens with one attached hydrogen (secondary N) is 2. The van der Waals surface area contributed by atoms with Gasteiger partial charge in [0.25, 0.3) is 0 Å². The molecule has 5 rings (SSSR count). The predicted octanol–water partition coefficient (Wildman–Crippen LogP) is 5.37. The number of rotatable bonds is 8. The Morgan fingerprint density at radius 1 is 1.09 bits per heavy atom. The van der Waals surface area contributed by atoms with Crippen LogP contribution in [0.5, 0.6) is 0 Å². The minimum atomic E-state index is -0.452. The lowest BCUT2D eigenvalue weighted by Crippen LogP contribution is -2.30. The molecule has 34 heavy (non-hydrogen) atoms. The molecule has 6 nitrogen and oxygen atoms in total. The molecule has 7 heteroatoms. The third-order valence-electron chi connectivity index (χ3n) is 5.92. The van der Waals surface area contributed by atoms with E-state index in [1.165, 1.54) is 5.56 Å². The van der Waals surface area contributed by atoms with Crippen molar-refractivity contribution in [1.29, 1.82) is 0 Å². The molecule has 0 bridgehead atoms. The summed E-state index contributed by atoms with van der Waals surface area (Å²) in [6.07, 6.45) is 4.46. The first-order chi connectivity index (χ1) is 16.6. The average molecular weight is 470 g/mol. The maximum Gasteiger partial charge on any atom is 0.186 e. The van der Waals surface area contributed by atoms with Gasteiger partial charge >= 0.3 is 0 Å². The van der Waals surface area contributed by atoms with Crippen LogP contribution in [0.2, 0.25) is 5.02 Å². The monoisotopic (exact) mass is 469 g/mol. The second kappa shape index (κ2) is 9.63. The maximum absolute atomic E-state index is 13.7. The van der Waals surface area contributed by atoms with Crippen molar-refractivity contribution in [2.45, 2.75) is 12.5 Å². The molecule has 0 amide bonds. The maximum atomic E-state index is 13.7. The van der Waals surface area contributed by atoms with Gasteiger partial charge in [-0.05, 0) is 35.7 Å². The molecule has 2 heterocycles. The molecule has 0 aliphatic carbocycles. The highest BCUT2D eigenvalue weighted by Crippen LogP contribution is 2.28. The Balaban J connectivity index is 1.40. The summed E-state index contributed by atoms with van der Waals surface area (Å²) in [5.41, 5.74) is 5.39. The minimum absolute atomic E-state index is 0.0285. The standard InChI is InChI=1S/C27H24ClN5O/c1-33-17-25(31-32-33)20-9-12-22-23(16-30-24(22)15-20)27(34)26(19-5-3-2-4-6-19)29-14-13-18-7-10-21(28)11-8-18/h2-12,15-17,26,29-30H,13-14H2,1H3. The first-order valence-electron chi connectivity index (χ1n) is 11.1. The molecule has 0 aliphatic heterocycles. The largest absolute Gasteiger partial charge is 0.360 e. The van der Waals surface area contributed by atoms with Gasteiger partial charge in [-0.25, -0.2) is 0 Å². The molecule has 170 valence electrons. The van der Waals surface area contributed by atoms with E-state index in [4.69, 9.17) is 11.6 Å². The number of nitrogens with zero attached hydrogens (tertiary/aromatic N) is 3. The normalized spacial score (nSPS) is 12.2. The Hall–Kier alpha value is -3.74. The van der Waals surface area contributed by atoms with Crippen LogP contribution in [0.3, 0.4) is 0 Å². The number of aryl methyl sites for hydroxylation is 1. The van der Waals surface area contributed by atoms with Crippen LogP contribution in [0.4, 0.5) is 0 Å². The highest BCUT2D eigenvalue weighted by Gasteiger charge is 2.24. The molecule has 1 atom stereocenters. The number of H-pyrrole nitrogens is 1. The molecule has 0 radical (unpaired) electrons. The van der Waals surface area contributed by atoms with Gasteiger partial charge in [-0.3, -0.25) is 9.48 Å². The molecule has 0 aliphatic rings. The number of carbonyl (C=O) groups is 1. The molecular formula is C27H24ClN5O. The van der Waals surface area contributed by atoms with Crippen LogP contribution in [-0.4, -0.2) is 32.3 Å². The van der Waals surface area contributed by atoms with Crippen LogP contribution in [0, 0.1) is 0 Å². The molecule has 5 aromatic rings. The highest BCUT2D eigenvalue weighted by molar-refractivity contribution is 6.30. The number of hydrogen-bond acceptors (Lipinski definition) is 4. The molecule has 0 saturated carbocycles. The Labute approximate surface area is 202 Å². The number of fused-ring (bicyclic) bond motifs is 1. The number of halogens is 1. The minimum Gasteiger partial charge on any atom is -0.360 e. The van der Waals surface area contributed by atoms with Gasteiger partial charge in [-0.2, -0.15) is 0 Å². The van der Waals surface area contributed by atoms with Crippen LogP contribution in [-0.2, 0) is 13.5 Å². The van der Waals surface area contributed by atoms with Crippen LogP contribution in [0.1, 0.15) is 27.5 Å². The van der Waals surface area contributed by atoms with E-state index in [1.807, 2.05) is 86.0 Å². The van der Waals surface area contributed by atoms with Crippen molar-refractivity contribution in [2.24, 2.45) is 7.05 Å². The Morgan fingerprint density at radius 2 is 1.88 bits per heavy atom. The number of aromatic amines is 1. The summed E-state index contributed by atoms with van der Waals surface area (Å²) in [5.74, 6) is 0.0285. The van der Waals surface area contributed by atoms with Gasteiger partial charge in [0.15, 0.2) is 5.78 Å². The van der Waals surface area contributed by atoms with Gasteiger partial charge in [-0.1, -0.05) is 71.4 Å². The number of ketones is 1. The summed E-state index contributed by atoms with van der Waals surface area (Å²) in [6, 6.07) is 23.1. The van der Waals surface area contributed by atoms with Gasteiger partial charge in [0.05, 0.1) is 12.2 Å². The van der Waals surface area contributed by atoms with E-state index in [9.17, 15) is 4.79 Å². The van der Waals surface area contributed by atoms with E-state index in [0.29, 0.717) is 12.1 Å². The SMILES string of the molecule is Cn1cc(-c2ccc3c(C(=O)C(NCCc4ccc(Cl)cc4)c4ccccc4)c[nH]c3c2)nn1. The van der Waals surface area contributed by atoms with E-state index >= 15 is 0 Å². The summed E-state index contributed by atoms with van der Waals surface area (Å²) in [6.45, 7) is 0.659. The fraction of sp³-hybridized carbons (Fsp3) is 0.148. The quantitative estimate of drug-likeness (QED) is 0.299. The molecule has 0 fully saturated rings. The molecule has 2 aromatic heterocycles. The highest BCUT2D eigenvalue weighted by atomic mass is 35.5. The topological polar surface area (TPSA) is 75.6 Å². The fourth-order valence-corrected chi connectivity index (χ4v) is 4.27. The van der Waals surface area contributed by atoms with Crippen molar-refractivity contribution in [3.63, 3.8) is 0 Å². The lowest BCUT2D eigenvalue weighted by atomic mass is 9.96. The fourth-order valence-electron chi connectivity index (χ4n) is 4.14. The molecule has 3 aromatic carbocycles. The van der Waals surface area contributed by atoms with Crippen molar-refractivity contribution >= 4 is 28.3 Å². The van der Waals surface area contributed by atoms with Crippen LogP contribution < -0.4 is 5.32 Å². The summed E-state index contributed by atoms with van der Waals surface area (Å²) in [5, 5.41) is 13.3. The molecular weight excluding hydrogens is 446 g/mol. The summed E-state index contributed by atoms with van der Waals surface area (Å²) >= 11 is 6.00. The molecule has 1 unspecified atom stereocenters. The number of aromatic nitrogens is 4. The Morgan fingerprint density at radius 3 is 2.62 bits per heavy atom. The van der Waals surface area contributed by atoms with E-state index in [1.54, 1.807) is 10.9 Å². The zero-order chi connectivity index (χ0) is 23.5. The van der Waals surface area contributed by atoms with E-state index in [0.717, 1.165) is 39.2 Å². The molecule has 0 saturated heterocycles. The second-order valence-corrected chi connectivity index (χ2v) is 8.72. The van der Waals surface area contributed by atoms with Crippen molar-refractivity contribution < 1.29 is 4.79 Å². The van der Waals surface area contributed by atoms with Gasteiger partial charge < -0.3 is 10.3 Å². The second-order valence-electron chi connectivity index (χ2n) is 8.28. The van der Waals surface area contributed by atoms with Gasteiger partial charge in [0.2, 0.25) is 0 Å². The van der Waals surface area contributed by atoms with Gasteiger partial charge in [0, 0.05) is 46.8 Å². The lowest BCUT2D eigenvalue weighted by molar-refractivity contribution is 0.0945. The van der Waals surface area contributed by atoms with Gasteiger partial charge in [-0.15, -0.1) is 5.10 Å². The van der Waals surface area contributed by atoms with Crippen molar-refractivity contribution in [3.05, 3.63) is 107 Å². The van der Waals surface area contributed by atoms with E-state index < -0.39 is 6.04 Å². The molecule has 0 spiro atoms. The summed E-state index contributed by atoms with van der Waals surface area (Å²) in [4.78, 5) is 17.0. The van der Waals surface area contributed by atoms with Crippen molar-refractivity contribution in [1.82, 2.24) is 25.3 Å². The van der Waals surface area contributed by atoms with Crippen molar-refractivity contribution in [2.75, 3.05) is 6.54 Å². The lowest BCUT2D eigenvalue weighted by Gasteiger charge is -2.18. The smallest absolute Gasteiger partial charge is 0.186 e. The third kappa shape index (κ3) is 4.64. The number of Topliss-reactive ketones (excluding diaryl/α,β-unsaturated/α-hetero) is 1. The Kier molecular flexibility index (Phi) is 6.25. The van der Waals surface area contributed by atoms with Crippen molar-refractivity contribution in [3.8, 4) is 11.3 Å². The van der Waals surface area contributed by atoms with E-state index in [-0.39, 0.29) is 5.78 Å². The first kappa shape index (κ1) is 22.1. The predicted molar refractivity (Wildman–Crippen MR) is 135 cm³/mol. The third-order valence-corrected chi connectivity index (χ3v) is 6.17. The zero-order valence-corrected chi connectivity index (χ0v) is 19.5. The first-order valence-corrected chi connectivity index (χ1v) is 11.5. The van der Waals surface area contributed by atoms with Crippen LogP contribution >= 0.6 is 11.6 Å². The zero-order valence-electron chi connectivity index (χ0n) is 18.7. The number of carbonyl (C=O) groups excluding carboxylic acids is 1. The Bertz CT molecular complexity index is 1420. The van der Waals surface area contributed by atoms with Crippen LogP contribution in [0.15, 0.2) is 85.2 Å². The van der Waals surface area contributed by atoms with Crippen LogP contribution in [0.25, 0.3) is 22.2 Å². The number of benzene rings is 3. The number of hydrogen-bond donors (Lipinski definition) is 2.